The number of aliphatic hydroxyl groups excluding tert-OH is 2. The molecule has 0 aliphatic heterocycles. The summed E-state index contributed by atoms with van der Waals surface area (Å²) in [5, 5.41) is 20.6. The van der Waals surface area contributed by atoms with Crippen LogP contribution in [-0.4, -0.2) is 33.0 Å². The lowest BCUT2D eigenvalue weighted by molar-refractivity contribution is -0.109. The highest BCUT2D eigenvalue weighted by Crippen LogP contribution is 2.25. The van der Waals surface area contributed by atoms with E-state index in [1.807, 2.05) is 6.07 Å². The largest absolute Gasteiger partial charge is 0.390 e. The molecular weight excluding hydrogens is 324 g/mol. The molecule has 0 aliphatic carbocycles. The normalized spacial score (nSPS) is 13.3. The number of hydrogen-bond acceptors (Lipinski definition) is 5. The third-order valence-corrected chi connectivity index (χ3v) is 4.49. The molecule has 2 aromatic rings. The smallest absolute Gasteiger partial charge is 0.193 e. The van der Waals surface area contributed by atoms with Crippen LogP contribution in [0.25, 0.3) is 0 Å². The van der Waals surface area contributed by atoms with Crippen LogP contribution in [0.2, 0.25) is 0 Å². The Hall–Kier alpha value is -1.95. The second-order valence-corrected chi connectivity index (χ2v) is 6.70. The van der Waals surface area contributed by atoms with Crippen molar-refractivity contribution in [1.82, 2.24) is 0 Å². The number of carbonyl (C=O) groups excluding carboxylic acids is 2. The Morgan fingerprint density at radius 3 is 2.29 bits per heavy atom. The molecular formula is C19H20O4S. The summed E-state index contributed by atoms with van der Waals surface area (Å²) < 4.78 is 0. The van der Waals surface area contributed by atoms with Gasteiger partial charge in [0.25, 0.3) is 0 Å². The van der Waals surface area contributed by atoms with Crippen LogP contribution in [0.4, 0.5) is 0 Å². The van der Waals surface area contributed by atoms with Crippen molar-refractivity contribution < 1.29 is 19.8 Å². The van der Waals surface area contributed by atoms with Crippen LogP contribution in [0.5, 0.6) is 0 Å². The van der Waals surface area contributed by atoms with Crippen LogP contribution in [0, 0.1) is 0 Å². The van der Waals surface area contributed by atoms with Crippen LogP contribution in [-0.2, 0) is 4.79 Å². The molecule has 0 aliphatic rings. The van der Waals surface area contributed by atoms with Gasteiger partial charge in [0.1, 0.15) is 6.10 Å². The van der Waals surface area contributed by atoms with Gasteiger partial charge in [-0.15, -0.1) is 0 Å². The number of benzene rings is 2. The highest BCUT2D eigenvalue weighted by molar-refractivity contribution is 8.13. The van der Waals surface area contributed by atoms with Crippen molar-refractivity contribution >= 4 is 22.7 Å². The van der Waals surface area contributed by atoms with Gasteiger partial charge in [0, 0.05) is 23.8 Å². The summed E-state index contributed by atoms with van der Waals surface area (Å²) in [6.07, 6.45) is -1.96. The van der Waals surface area contributed by atoms with Crippen LogP contribution in [0.3, 0.4) is 0 Å². The molecule has 0 radical (unpaired) electrons. The molecule has 0 saturated carbocycles. The van der Waals surface area contributed by atoms with Gasteiger partial charge >= 0.3 is 0 Å². The summed E-state index contributed by atoms with van der Waals surface area (Å²) in [4.78, 5) is 23.6. The van der Waals surface area contributed by atoms with Crippen LogP contribution in [0.1, 0.15) is 40.9 Å². The number of carbonyl (C=O) groups is 2. The summed E-state index contributed by atoms with van der Waals surface area (Å²) in [5.41, 5.74) is 1.29. The van der Waals surface area contributed by atoms with E-state index >= 15 is 0 Å². The summed E-state index contributed by atoms with van der Waals surface area (Å²) in [5.74, 6) is 0.220. The van der Waals surface area contributed by atoms with E-state index in [-0.39, 0.29) is 17.3 Å². The molecule has 2 atom stereocenters. The molecule has 0 saturated heterocycles. The highest BCUT2D eigenvalue weighted by atomic mass is 32.2. The van der Waals surface area contributed by atoms with Crippen molar-refractivity contribution in [2.45, 2.75) is 25.6 Å². The SMILES string of the molecule is CC(=O)SCCC(O)C(O)c1ccccc1C(=O)c1ccccc1. The lowest BCUT2D eigenvalue weighted by atomic mass is 9.92. The van der Waals surface area contributed by atoms with Gasteiger partial charge in [0.2, 0.25) is 0 Å². The maximum atomic E-state index is 12.7. The summed E-state index contributed by atoms with van der Waals surface area (Å²) in [6.45, 7) is 1.46. The number of rotatable bonds is 7. The van der Waals surface area contributed by atoms with Gasteiger partial charge in [-0.25, -0.2) is 0 Å². The summed E-state index contributed by atoms with van der Waals surface area (Å²) in [6, 6.07) is 15.5. The van der Waals surface area contributed by atoms with Crippen LogP contribution in [0.15, 0.2) is 54.6 Å². The number of hydrogen-bond donors (Lipinski definition) is 2. The second kappa shape index (κ2) is 8.78. The molecule has 0 heterocycles. The topological polar surface area (TPSA) is 74.6 Å². The third-order valence-electron chi connectivity index (χ3n) is 3.64. The van der Waals surface area contributed by atoms with E-state index in [2.05, 4.69) is 0 Å². The Kier molecular flexibility index (Phi) is 6.73. The maximum Gasteiger partial charge on any atom is 0.193 e. The fraction of sp³-hybridized carbons (Fsp3) is 0.263. The minimum atomic E-state index is -1.18. The molecule has 0 aromatic heterocycles. The first-order valence-corrected chi connectivity index (χ1v) is 8.67. The molecule has 0 amide bonds. The fourth-order valence-electron chi connectivity index (χ4n) is 2.40. The number of aliphatic hydroxyl groups is 2. The Morgan fingerprint density at radius 2 is 1.62 bits per heavy atom. The molecule has 5 heteroatoms. The zero-order chi connectivity index (χ0) is 17.5. The monoisotopic (exact) mass is 344 g/mol. The van der Waals surface area contributed by atoms with Crippen molar-refractivity contribution in [3.05, 3.63) is 71.3 Å². The molecule has 2 aromatic carbocycles. The zero-order valence-electron chi connectivity index (χ0n) is 13.4. The predicted molar refractivity (Wildman–Crippen MR) is 95.0 cm³/mol. The van der Waals surface area contributed by atoms with Crippen molar-refractivity contribution in [3.63, 3.8) is 0 Å². The molecule has 126 valence electrons. The minimum Gasteiger partial charge on any atom is -0.390 e. The Morgan fingerprint density at radius 1 is 1.00 bits per heavy atom. The average molecular weight is 344 g/mol. The molecule has 2 unspecified atom stereocenters. The van der Waals surface area contributed by atoms with Gasteiger partial charge in [-0.05, 0) is 12.0 Å². The molecule has 2 N–H and O–H groups in total. The first kappa shape index (κ1) is 18.4. The first-order chi connectivity index (χ1) is 11.5. The molecule has 0 fully saturated rings. The van der Waals surface area contributed by atoms with E-state index in [1.54, 1.807) is 48.5 Å². The predicted octanol–water partition coefficient (Wildman–Crippen LogP) is 2.98. The molecule has 4 nitrogen and oxygen atoms in total. The molecule has 24 heavy (non-hydrogen) atoms. The van der Waals surface area contributed by atoms with Crippen molar-refractivity contribution in [3.8, 4) is 0 Å². The van der Waals surface area contributed by atoms with E-state index in [0.717, 1.165) is 11.8 Å². The van der Waals surface area contributed by atoms with Gasteiger partial charge in [0.15, 0.2) is 10.9 Å². The summed E-state index contributed by atoms with van der Waals surface area (Å²) in [7, 11) is 0. The van der Waals surface area contributed by atoms with Gasteiger partial charge in [0.05, 0.1) is 6.10 Å². The first-order valence-electron chi connectivity index (χ1n) is 7.69. The van der Waals surface area contributed by atoms with Crippen LogP contribution < -0.4 is 0 Å². The lowest BCUT2D eigenvalue weighted by Crippen LogP contribution is -2.21. The van der Waals surface area contributed by atoms with Crippen molar-refractivity contribution in [2.24, 2.45) is 0 Å². The van der Waals surface area contributed by atoms with Crippen LogP contribution >= 0.6 is 11.8 Å². The van der Waals surface area contributed by atoms with E-state index in [0.29, 0.717) is 22.4 Å². The Bertz CT molecular complexity index is 700. The maximum absolute atomic E-state index is 12.7. The zero-order valence-corrected chi connectivity index (χ0v) is 14.2. The fourth-order valence-corrected chi connectivity index (χ4v) is 3.04. The van der Waals surface area contributed by atoms with Gasteiger partial charge in [-0.3, -0.25) is 9.59 Å². The molecule has 0 bridgehead atoms. The molecule has 2 rings (SSSR count). The highest BCUT2D eigenvalue weighted by Gasteiger charge is 2.23. The van der Waals surface area contributed by atoms with E-state index in [4.69, 9.17) is 0 Å². The quantitative estimate of drug-likeness (QED) is 0.755. The minimum absolute atomic E-state index is 0.0312. The summed E-state index contributed by atoms with van der Waals surface area (Å²) >= 11 is 1.10. The number of thioether (sulfide) groups is 1. The van der Waals surface area contributed by atoms with E-state index < -0.39 is 12.2 Å². The standard InChI is InChI=1S/C19H20O4S/c1-13(20)24-12-11-17(21)19(23)16-10-6-5-9-15(16)18(22)14-7-3-2-4-8-14/h2-10,17,19,21,23H,11-12H2,1H3. The van der Waals surface area contributed by atoms with E-state index in [1.165, 1.54) is 6.92 Å². The van der Waals surface area contributed by atoms with Gasteiger partial charge < -0.3 is 10.2 Å². The Balaban J connectivity index is 2.18. The lowest BCUT2D eigenvalue weighted by Gasteiger charge is -2.20. The Labute approximate surface area is 145 Å². The van der Waals surface area contributed by atoms with Crippen molar-refractivity contribution in [1.29, 1.82) is 0 Å². The van der Waals surface area contributed by atoms with Gasteiger partial charge in [-0.1, -0.05) is 66.4 Å². The van der Waals surface area contributed by atoms with Crippen molar-refractivity contribution in [2.75, 3.05) is 5.75 Å². The average Bonchev–Trinajstić information content (AvgIpc) is 2.60. The molecule has 0 spiro atoms. The third kappa shape index (κ3) is 4.77. The van der Waals surface area contributed by atoms with Gasteiger partial charge in [-0.2, -0.15) is 0 Å². The van der Waals surface area contributed by atoms with E-state index in [9.17, 15) is 19.8 Å². The second-order valence-electron chi connectivity index (χ2n) is 5.42. The number of ketones is 1.